The fraction of sp³-hybridized carbons (Fsp3) is 0.562. The molecule has 0 saturated heterocycles. The van der Waals surface area contributed by atoms with Crippen LogP contribution in [-0.4, -0.2) is 11.9 Å². The first-order valence-corrected chi connectivity index (χ1v) is 8.23. The molecular weight excluding hydrogens is 316 g/mol. The lowest BCUT2D eigenvalue weighted by molar-refractivity contribution is 0.0930. The standard InChI is InChI=1S/C16H23BrN2O/c1-11-14(9-12(17)10-15(11)18)16(20)19-13-7-5-3-2-4-6-8-13/h9-10,13H,2-8,18H2,1H3,(H,19,20). The zero-order valence-electron chi connectivity index (χ0n) is 12.0. The number of carbonyl (C=O) groups excluding carboxylic acids is 1. The van der Waals surface area contributed by atoms with Gasteiger partial charge >= 0.3 is 0 Å². The number of amides is 1. The Morgan fingerprint density at radius 2 is 1.80 bits per heavy atom. The van der Waals surface area contributed by atoms with E-state index in [1.807, 2.05) is 19.1 Å². The molecule has 0 unspecified atom stereocenters. The van der Waals surface area contributed by atoms with E-state index in [1.165, 1.54) is 32.1 Å². The van der Waals surface area contributed by atoms with Crippen molar-refractivity contribution in [1.29, 1.82) is 0 Å². The topological polar surface area (TPSA) is 55.1 Å². The molecule has 4 heteroatoms. The molecule has 0 heterocycles. The van der Waals surface area contributed by atoms with Gasteiger partial charge in [-0.2, -0.15) is 0 Å². The van der Waals surface area contributed by atoms with Crippen molar-refractivity contribution in [2.75, 3.05) is 5.73 Å². The molecule has 0 bridgehead atoms. The number of hydrogen-bond acceptors (Lipinski definition) is 2. The third-order valence-electron chi connectivity index (χ3n) is 4.10. The molecule has 3 nitrogen and oxygen atoms in total. The van der Waals surface area contributed by atoms with Gasteiger partial charge in [-0.1, -0.05) is 48.0 Å². The van der Waals surface area contributed by atoms with Gasteiger partial charge in [-0.05, 0) is 37.5 Å². The summed E-state index contributed by atoms with van der Waals surface area (Å²) in [5, 5.41) is 3.18. The molecule has 3 N–H and O–H groups in total. The van der Waals surface area contributed by atoms with E-state index in [9.17, 15) is 4.79 Å². The maximum atomic E-state index is 12.4. The predicted octanol–water partition coefficient (Wildman–Crippen LogP) is 4.18. The van der Waals surface area contributed by atoms with Crippen LogP contribution in [0.2, 0.25) is 0 Å². The van der Waals surface area contributed by atoms with E-state index < -0.39 is 0 Å². The normalized spacial score (nSPS) is 17.3. The molecule has 0 aliphatic heterocycles. The molecule has 0 spiro atoms. The largest absolute Gasteiger partial charge is 0.398 e. The van der Waals surface area contributed by atoms with Crippen molar-refractivity contribution in [1.82, 2.24) is 5.32 Å². The molecule has 1 aromatic rings. The van der Waals surface area contributed by atoms with Gasteiger partial charge in [-0.15, -0.1) is 0 Å². The fourth-order valence-corrected chi connectivity index (χ4v) is 3.28. The van der Waals surface area contributed by atoms with Crippen molar-refractivity contribution in [3.05, 3.63) is 27.7 Å². The fourth-order valence-electron chi connectivity index (χ4n) is 2.80. The molecular formula is C16H23BrN2O. The highest BCUT2D eigenvalue weighted by molar-refractivity contribution is 9.10. The maximum Gasteiger partial charge on any atom is 0.251 e. The molecule has 1 fully saturated rings. The summed E-state index contributed by atoms with van der Waals surface area (Å²) in [6, 6.07) is 3.99. The lowest BCUT2D eigenvalue weighted by atomic mass is 9.96. The van der Waals surface area contributed by atoms with Gasteiger partial charge in [0.15, 0.2) is 0 Å². The van der Waals surface area contributed by atoms with Crippen LogP contribution >= 0.6 is 15.9 Å². The third kappa shape index (κ3) is 3.98. The Bertz CT molecular complexity index is 480. The molecule has 1 amide bonds. The second-order valence-electron chi connectivity index (χ2n) is 5.68. The number of nitrogens with two attached hydrogens (primary N) is 1. The summed E-state index contributed by atoms with van der Waals surface area (Å²) < 4.78 is 0.850. The van der Waals surface area contributed by atoms with Crippen molar-refractivity contribution >= 4 is 27.5 Å². The van der Waals surface area contributed by atoms with E-state index in [-0.39, 0.29) is 5.91 Å². The molecule has 0 atom stereocenters. The summed E-state index contributed by atoms with van der Waals surface area (Å²) in [7, 11) is 0. The molecule has 20 heavy (non-hydrogen) atoms. The van der Waals surface area contributed by atoms with E-state index in [1.54, 1.807) is 0 Å². The highest BCUT2D eigenvalue weighted by atomic mass is 79.9. The van der Waals surface area contributed by atoms with Gasteiger partial charge in [-0.25, -0.2) is 0 Å². The quantitative estimate of drug-likeness (QED) is 0.794. The summed E-state index contributed by atoms with van der Waals surface area (Å²) in [5.41, 5.74) is 8.12. The molecule has 0 radical (unpaired) electrons. The van der Waals surface area contributed by atoms with Crippen molar-refractivity contribution in [2.24, 2.45) is 0 Å². The summed E-state index contributed by atoms with van der Waals surface area (Å²) in [5.74, 6) is 0.000994. The van der Waals surface area contributed by atoms with E-state index >= 15 is 0 Å². The summed E-state index contributed by atoms with van der Waals surface area (Å²) in [4.78, 5) is 12.4. The second-order valence-corrected chi connectivity index (χ2v) is 6.60. The van der Waals surface area contributed by atoms with Crippen molar-refractivity contribution in [3.63, 3.8) is 0 Å². The number of halogens is 1. The van der Waals surface area contributed by atoms with Crippen LogP contribution in [0.5, 0.6) is 0 Å². The smallest absolute Gasteiger partial charge is 0.251 e. The van der Waals surface area contributed by atoms with Crippen LogP contribution < -0.4 is 11.1 Å². The van der Waals surface area contributed by atoms with Crippen LogP contribution in [0, 0.1) is 6.92 Å². The summed E-state index contributed by atoms with van der Waals surface area (Å²) in [6.07, 6.45) is 8.52. The average molecular weight is 339 g/mol. The highest BCUT2D eigenvalue weighted by Crippen LogP contribution is 2.23. The van der Waals surface area contributed by atoms with Crippen molar-refractivity contribution < 1.29 is 4.79 Å². The second kappa shape index (κ2) is 7.11. The third-order valence-corrected chi connectivity index (χ3v) is 4.56. The number of nitrogen functional groups attached to an aromatic ring is 1. The van der Waals surface area contributed by atoms with Gasteiger partial charge in [0.05, 0.1) is 0 Å². The lowest BCUT2D eigenvalue weighted by Crippen LogP contribution is -2.35. The van der Waals surface area contributed by atoms with E-state index in [4.69, 9.17) is 5.73 Å². The zero-order chi connectivity index (χ0) is 14.5. The summed E-state index contributed by atoms with van der Waals surface area (Å²) >= 11 is 3.40. The monoisotopic (exact) mass is 338 g/mol. The van der Waals surface area contributed by atoms with Gasteiger partial charge in [0.25, 0.3) is 5.91 Å². The Balaban J connectivity index is 2.07. The lowest BCUT2D eigenvalue weighted by Gasteiger charge is -2.21. The average Bonchev–Trinajstić information content (AvgIpc) is 2.36. The Kier molecular flexibility index (Phi) is 5.46. The van der Waals surface area contributed by atoms with Gasteiger partial charge in [0.2, 0.25) is 0 Å². The van der Waals surface area contributed by atoms with Gasteiger partial charge in [0, 0.05) is 21.8 Å². The maximum absolute atomic E-state index is 12.4. The number of hydrogen-bond donors (Lipinski definition) is 2. The minimum atomic E-state index is 0.000994. The SMILES string of the molecule is Cc1c(N)cc(Br)cc1C(=O)NC1CCCCCCC1. The number of anilines is 1. The molecule has 1 aliphatic carbocycles. The Morgan fingerprint density at radius 3 is 2.45 bits per heavy atom. The van der Waals surface area contributed by atoms with Crippen LogP contribution in [0.3, 0.4) is 0 Å². The van der Waals surface area contributed by atoms with Crippen LogP contribution in [0.15, 0.2) is 16.6 Å². The molecule has 110 valence electrons. The predicted molar refractivity (Wildman–Crippen MR) is 86.9 cm³/mol. The number of carbonyl (C=O) groups is 1. The Hall–Kier alpha value is -1.03. The minimum absolute atomic E-state index is 0.000994. The minimum Gasteiger partial charge on any atom is -0.398 e. The van der Waals surface area contributed by atoms with Gasteiger partial charge in [0.1, 0.15) is 0 Å². The molecule has 1 aliphatic rings. The van der Waals surface area contributed by atoms with Crippen molar-refractivity contribution in [2.45, 2.75) is 57.9 Å². The first-order chi connectivity index (χ1) is 9.58. The number of nitrogens with one attached hydrogen (secondary N) is 1. The van der Waals surface area contributed by atoms with Gasteiger partial charge in [-0.3, -0.25) is 4.79 Å². The van der Waals surface area contributed by atoms with E-state index in [0.29, 0.717) is 17.3 Å². The van der Waals surface area contributed by atoms with Crippen molar-refractivity contribution in [3.8, 4) is 0 Å². The number of benzene rings is 1. The molecule has 0 aromatic heterocycles. The molecule has 1 saturated carbocycles. The van der Waals surface area contributed by atoms with Crippen LogP contribution in [0.25, 0.3) is 0 Å². The Morgan fingerprint density at radius 1 is 1.20 bits per heavy atom. The zero-order valence-corrected chi connectivity index (χ0v) is 13.6. The first-order valence-electron chi connectivity index (χ1n) is 7.44. The highest BCUT2D eigenvalue weighted by Gasteiger charge is 2.17. The van der Waals surface area contributed by atoms with E-state index in [0.717, 1.165) is 22.9 Å². The summed E-state index contributed by atoms with van der Waals surface area (Å²) in [6.45, 7) is 1.90. The Labute approximate surface area is 129 Å². The van der Waals surface area contributed by atoms with E-state index in [2.05, 4.69) is 21.2 Å². The first kappa shape index (κ1) is 15.4. The van der Waals surface area contributed by atoms with Crippen LogP contribution in [-0.2, 0) is 0 Å². The van der Waals surface area contributed by atoms with Crippen LogP contribution in [0.4, 0.5) is 5.69 Å². The van der Waals surface area contributed by atoms with Gasteiger partial charge < -0.3 is 11.1 Å². The van der Waals surface area contributed by atoms with Crippen LogP contribution in [0.1, 0.15) is 60.9 Å². The molecule has 2 rings (SSSR count). The number of rotatable bonds is 2. The molecule has 1 aromatic carbocycles.